The van der Waals surface area contributed by atoms with Gasteiger partial charge in [0.1, 0.15) is 5.82 Å². The van der Waals surface area contributed by atoms with Crippen molar-refractivity contribution >= 4 is 17.4 Å². The van der Waals surface area contributed by atoms with Crippen LogP contribution in [-0.4, -0.2) is 38.9 Å². The van der Waals surface area contributed by atoms with E-state index in [0.717, 1.165) is 50.2 Å². The Hall–Kier alpha value is -1.17. The van der Waals surface area contributed by atoms with Crippen LogP contribution >= 0.6 is 11.6 Å². The standard InChI is InChI=1S/C19H28ClN3O2/c1-14-8-4-5-9-19(14,25)12-16-15(13-24)17(22-18(20)21-16)23-10-6-2-3-7-11-23/h8,24-25H,2-7,9-13H2,1H3. The van der Waals surface area contributed by atoms with Crippen molar-refractivity contribution in [1.82, 2.24) is 9.97 Å². The molecule has 1 aliphatic heterocycles. The van der Waals surface area contributed by atoms with Crippen molar-refractivity contribution < 1.29 is 10.2 Å². The average Bonchev–Trinajstić information content (AvgIpc) is 2.86. The molecule has 0 spiro atoms. The maximum Gasteiger partial charge on any atom is 0.224 e. The van der Waals surface area contributed by atoms with Crippen LogP contribution in [0.2, 0.25) is 5.28 Å². The smallest absolute Gasteiger partial charge is 0.224 e. The molecule has 25 heavy (non-hydrogen) atoms. The van der Waals surface area contributed by atoms with Crippen LogP contribution in [0, 0.1) is 0 Å². The summed E-state index contributed by atoms with van der Waals surface area (Å²) < 4.78 is 0. The molecule has 3 rings (SSSR count). The third-order valence-corrected chi connectivity index (χ3v) is 5.72. The van der Waals surface area contributed by atoms with Crippen LogP contribution in [0.25, 0.3) is 0 Å². The number of halogens is 1. The minimum Gasteiger partial charge on any atom is -0.391 e. The lowest BCUT2D eigenvalue weighted by Gasteiger charge is -2.33. The average molecular weight is 366 g/mol. The number of rotatable bonds is 4. The molecule has 2 N–H and O–H groups in total. The van der Waals surface area contributed by atoms with E-state index in [9.17, 15) is 10.2 Å². The summed E-state index contributed by atoms with van der Waals surface area (Å²) in [7, 11) is 0. The van der Waals surface area contributed by atoms with Gasteiger partial charge < -0.3 is 15.1 Å². The number of nitrogens with zero attached hydrogens (tertiary/aromatic N) is 3. The molecule has 6 heteroatoms. The van der Waals surface area contributed by atoms with Gasteiger partial charge in [-0.25, -0.2) is 9.97 Å². The number of hydrogen-bond acceptors (Lipinski definition) is 5. The number of anilines is 1. The van der Waals surface area contributed by atoms with Crippen molar-refractivity contribution in [2.45, 2.75) is 70.5 Å². The van der Waals surface area contributed by atoms with Gasteiger partial charge in [0.2, 0.25) is 5.28 Å². The molecule has 1 aromatic heterocycles. The van der Waals surface area contributed by atoms with Gasteiger partial charge in [0.05, 0.1) is 17.9 Å². The quantitative estimate of drug-likeness (QED) is 0.632. The van der Waals surface area contributed by atoms with Gasteiger partial charge in [-0.05, 0) is 56.2 Å². The molecule has 0 aromatic carbocycles. The van der Waals surface area contributed by atoms with Crippen LogP contribution < -0.4 is 4.90 Å². The molecule has 138 valence electrons. The summed E-state index contributed by atoms with van der Waals surface area (Å²) in [5, 5.41) is 21.3. The van der Waals surface area contributed by atoms with Crippen LogP contribution in [0.5, 0.6) is 0 Å². The molecule has 1 fully saturated rings. The van der Waals surface area contributed by atoms with E-state index in [1.807, 2.05) is 6.92 Å². The monoisotopic (exact) mass is 365 g/mol. The number of hydrogen-bond donors (Lipinski definition) is 2. The highest BCUT2D eigenvalue weighted by Gasteiger charge is 2.33. The van der Waals surface area contributed by atoms with E-state index in [4.69, 9.17) is 11.6 Å². The SMILES string of the molecule is CC1=CCCCC1(O)Cc1nc(Cl)nc(N2CCCCCC2)c1CO. The van der Waals surface area contributed by atoms with E-state index in [1.165, 1.54) is 12.8 Å². The largest absolute Gasteiger partial charge is 0.391 e. The van der Waals surface area contributed by atoms with E-state index >= 15 is 0 Å². The fourth-order valence-corrected chi connectivity index (χ4v) is 4.13. The Morgan fingerprint density at radius 1 is 1.16 bits per heavy atom. The van der Waals surface area contributed by atoms with Crippen molar-refractivity contribution in [2.75, 3.05) is 18.0 Å². The van der Waals surface area contributed by atoms with E-state index in [1.54, 1.807) is 0 Å². The fraction of sp³-hybridized carbons (Fsp3) is 0.684. The second-order valence-electron chi connectivity index (χ2n) is 7.29. The molecule has 0 saturated carbocycles. The Bertz CT molecular complexity index is 642. The topological polar surface area (TPSA) is 69.5 Å². The first-order valence-corrected chi connectivity index (χ1v) is 9.72. The van der Waals surface area contributed by atoms with Crippen LogP contribution in [0.15, 0.2) is 11.6 Å². The molecular weight excluding hydrogens is 338 g/mol. The Balaban J connectivity index is 1.96. The number of aliphatic hydroxyl groups is 2. The first kappa shape index (κ1) is 18.6. The summed E-state index contributed by atoms with van der Waals surface area (Å²) in [6, 6.07) is 0. The van der Waals surface area contributed by atoms with Gasteiger partial charge >= 0.3 is 0 Å². The van der Waals surface area contributed by atoms with E-state index in [2.05, 4.69) is 20.9 Å². The predicted octanol–water partition coefficient (Wildman–Crippen LogP) is 3.41. The summed E-state index contributed by atoms with van der Waals surface area (Å²) in [6.07, 6.45) is 9.82. The lowest BCUT2D eigenvalue weighted by molar-refractivity contribution is 0.0605. The molecule has 5 nitrogen and oxygen atoms in total. The van der Waals surface area contributed by atoms with Gasteiger partial charge in [0.15, 0.2) is 0 Å². The minimum atomic E-state index is -0.907. The number of aromatic nitrogens is 2. The van der Waals surface area contributed by atoms with E-state index in [-0.39, 0.29) is 11.9 Å². The van der Waals surface area contributed by atoms with E-state index < -0.39 is 5.60 Å². The number of allylic oxidation sites excluding steroid dienone is 1. The van der Waals surface area contributed by atoms with Gasteiger partial charge in [-0.1, -0.05) is 18.9 Å². The van der Waals surface area contributed by atoms with Gasteiger partial charge in [-0.2, -0.15) is 0 Å². The zero-order valence-electron chi connectivity index (χ0n) is 15.0. The van der Waals surface area contributed by atoms with Crippen LogP contribution in [0.1, 0.15) is 63.1 Å². The highest BCUT2D eigenvalue weighted by atomic mass is 35.5. The molecule has 1 unspecified atom stereocenters. The summed E-state index contributed by atoms with van der Waals surface area (Å²) >= 11 is 6.21. The highest BCUT2D eigenvalue weighted by molar-refractivity contribution is 6.28. The van der Waals surface area contributed by atoms with Crippen molar-refractivity contribution in [3.63, 3.8) is 0 Å². The zero-order chi connectivity index (χ0) is 17.9. The maximum atomic E-state index is 11.1. The Labute approximate surface area is 154 Å². The normalized spacial score (nSPS) is 24.8. The molecule has 1 saturated heterocycles. The third kappa shape index (κ3) is 4.15. The van der Waals surface area contributed by atoms with Crippen molar-refractivity contribution in [2.24, 2.45) is 0 Å². The van der Waals surface area contributed by atoms with Gasteiger partial charge in [-0.3, -0.25) is 0 Å². The van der Waals surface area contributed by atoms with Gasteiger partial charge in [-0.15, -0.1) is 0 Å². The first-order valence-electron chi connectivity index (χ1n) is 9.34. The summed E-state index contributed by atoms with van der Waals surface area (Å²) in [5.74, 6) is 0.737. The lowest BCUT2D eigenvalue weighted by atomic mass is 9.80. The molecular formula is C19H28ClN3O2. The van der Waals surface area contributed by atoms with Crippen LogP contribution in [-0.2, 0) is 13.0 Å². The molecule has 1 aliphatic carbocycles. The summed E-state index contributed by atoms with van der Waals surface area (Å²) in [4.78, 5) is 11.0. The summed E-state index contributed by atoms with van der Waals surface area (Å²) in [5.41, 5.74) is 1.45. The first-order chi connectivity index (χ1) is 12.0. The Morgan fingerprint density at radius 3 is 2.52 bits per heavy atom. The summed E-state index contributed by atoms with van der Waals surface area (Å²) in [6.45, 7) is 3.67. The fourth-order valence-electron chi connectivity index (χ4n) is 3.95. The molecule has 0 amide bonds. The number of aliphatic hydroxyl groups excluding tert-OH is 1. The minimum absolute atomic E-state index is 0.142. The van der Waals surface area contributed by atoms with Crippen LogP contribution in [0.4, 0.5) is 5.82 Å². The van der Waals surface area contributed by atoms with Gasteiger partial charge in [0.25, 0.3) is 0 Å². The second kappa shape index (κ2) is 8.02. The Kier molecular flexibility index (Phi) is 5.97. The van der Waals surface area contributed by atoms with Crippen molar-refractivity contribution in [3.05, 3.63) is 28.2 Å². The lowest BCUT2D eigenvalue weighted by Crippen LogP contribution is -2.36. The van der Waals surface area contributed by atoms with Crippen molar-refractivity contribution in [3.8, 4) is 0 Å². The Morgan fingerprint density at radius 2 is 1.88 bits per heavy atom. The predicted molar refractivity (Wildman–Crippen MR) is 99.9 cm³/mol. The van der Waals surface area contributed by atoms with Gasteiger partial charge in [0, 0.05) is 25.1 Å². The maximum absolute atomic E-state index is 11.1. The molecule has 1 atom stereocenters. The second-order valence-corrected chi connectivity index (χ2v) is 7.63. The molecule has 2 aliphatic rings. The molecule has 2 heterocycles. The molecule has 0 radical (unpaired) electrons. The zero-order valence-corrected chi connectivity index (χ0v) is 15.7. The molecule has 1 aromatic rings. The molecule has 0 bridgehead atoms. The van der Waals surface area contributed by atoms with Crippen molar-refractivity contribution in [1.29, 1.82) is 0 Å². The van der Waals surface area contributed by atoms with E-state index in [0.29, 0.717) is 24.1 Å². The highest BCUT2D eigenvalue weighted by Crippen LogP contribution is 2.34. The third-order valence-electron chi connectivity index (χ3n) is 5.55. The van der Waals surface area contributed by atoms with Crippen LogP contribution in [0.3, 0.4) is 0 Å².